The van der Waals surface area contributed by atoms with E-state index in [1.54, 1.807) is 0 Å². The monoisotopic (exact) mass is 349 g/mol. The van der Waals surface area contributed by atoms with E-state index < -0.39 is 0 Å². The summed E-state index contributed by atoms with van der Waals surface area (Å²) in [6, 6.07) is 17.8. The summed E-state index contributed by atoms with van der Waals surface area (Å²) in [5.74, 6) is 0.00703. The fourth-order valence-corrected chi connectivity index (χ4v) is 3.23. The smallest absolute Gasteiger partial charge is 0.251 e. The number of nitrogens with one attached hydrogen (secondary N) is 2. The number of carbonyl (C=O) groups is 1. The van der Waals surface area contributed by atoms with Crippen LogP contribution in [0, 0.1) is 0 Å². The molecular weight excluding hydrogens is 322 g/mol. The van der Waals surface area contributed by atoms with Crippen LogP contribution in [-0.2, 0) is 6.42 Å². The summed E-state index contributed by atoms with van der Waals surface area (Å²) in [5, 5.41) is 4.32. The molecule has 3 rings (SSSR count). The molecule has 0 unspecified atom stereocenters. The number of benzene rings is 2. The molecule has 3 aromatic rings. The van der Waals surface area contributed by atoms with Crippen LogP contribution < -0.4 is 5.32 Å². The Labute approximate surface area is 155 Å². The Morgan fingerprint density at radius 3 is 2.58 bits per heavy atom. The molecule has 0 saturated carbocycles. The van der Waals surface area contributed by atoms with Crippen molar-refractivity contribution in [3.8, 4) is 0 Å². The Morgan fingerprint density at radius 1 is 1.00 bits per heavy atom. The summed E-state index contributed by atoms with van der Waals surface area (Å²) in [6.45, 7) is 2.76. The van der Waals surface area contributed by atoms with Crippen molar-refractivity contribution in [1.82, 2.24) is 15.2 Å². The number of aryl methyl sites for hydroxylation is 1. The highest BCUT2D eigenvalue weighted by Gasteiger charge is 2.05. The second-order valence-electron chi connectivity index (χ2n) is 6.74. The van der Waals surface area contributed by atoms with Crippen LogP contribution in [0.1, 0.15) is 28.8 Å². The first-order chi connectivity index (χ1) is 12.7. The minimum absolute atomic E-state index is 0.00703. The van der Waals surface area contributed by atoms with Crippen LogP contribution >= 0.6 is 0 Å². The van der Waals surface area contributed by atoms with E-state index in [0.717, 1.165) is 37.9 Å². The van der Waals surface area contributed by atoms with Crippen LogP contribution in [0.4, 0.5) is 0 Å². The first kappa shape index (κ1) is 18.2. The second kappa shape index (κ2) is 9.20. The Bertz CT molecular complexity index is 826. The quantitative estimate of drug-likeness (QED) is 0.577. The van der Waals surface area contributed by atoms with Gasteiger partial charge in [-0.05, 0) is 63.2 Å². The molecule has 1 aromatic heterocycles. The molecule has 136 valence electrons. The van der Waals surface area contributed by atoms with E-state index in [-0.39, 0.29) is 5.91 Å². The van der Waals surface area contributed by atoms with Gasteiger partial charge in [0.1, 0.15) is 0 Å². The largest absolute Gasteiger partial charge is 0.361 e. The second-order valence-corrected chi connectivity index (χ2v) is 6.74. The Morgan fingerprint density at radius 2 is 1.73 bits per heavy atom. The molecule has 1 heterocycles. The van der Waals surface area contributed by atoms with Crippen molar-refractivity contribution in [2.75, 3.05) is 26.7 Å². The summed E-state index contributed by atoms with van der Waals surface area (Å²) in [5.41, 5.74) is 3.33. The molecule has 0 aliphatic rings. The molecule has 0 bridgehead atoms. The van der Waals surface area contributed by atoms with Gasteiger partial charge in [-0.25, -0.2) is 0 Å². The number of hydrogen-bond donors (Lipinski definition) is 2. The summed E-state index contributed by atoms with van der Waals surface area (Å²) in [6.07, 6.45) is 5.31. The van der Waals surface area contributed by atoms with E-state index in [0.29, 0.717) is 6.54 Å². The third-order valence-corrected chi connectivity index (χ3v) is 4.70. The normalized spacial score (nSPS) is 11.2. The highest BCUT2D eigenvalue weighted by atomic mass is 16.1. The van der Waals surface area contributed by atoms with Crippen molar-refractivity contribution in [1.29, 1.82) is 0 Å². The molecule has 2 aromatic carbocycles. The SMILES string of the molecule is CN(CCCNC(=O)c1ccccc1)CCCc1c[nH]c2ccccc12. The standard InChI is InChI=1S/C22H27N3O/c1-25(16-8-14-23-22(26)18-9-3-2-4-10-18)15-7-11-19-17-24-21-13-6-5-12-20(19)21/h2-6,9-10,12-13,17,24H,7-8,11,14-16H2,1H3,(H,23,26). The molecule has 0 radical (unpaired) electrons. The Hall–Kier alpha value is -2.59. The Kier molecular flexibility index (Phi) is 6.45. The molecule has 0 aliphatic heterocycles. The van der Waals surface area contributed by atoms with Crippen molar-refractivity contribution in [3.63, 3.8) is 0 Å². The van der Waals surface area contributed by atoms with Gasteiger partial charge in [0.15, 0.2) is 0 Å². The van der Waals surface area contributed by atoms with E-state index in [4.69, 9.17) is 0 Å². The first-order valence-electron chi connectivity index (χ1n) is 9.31. The van der Waals surface area contributed by atoms with Gasteiger partial charge in [0.05, 0.1) is 0 Å². The Balaban J connectivity index is 1.32. The van der Waals surface area contributed by atoms with Crippen molar-refractivity contribution < 1.29 is 4.79 Å². The van der Waals surface area contributed by atoms with Crippen molar-refractivity contribution in [2.45, 2.75) is 19.3 Å². The number of rotatable bonds is 9. The molecular formula is C22H27N3O. The number of nitrogens with zero attached hydrogens (tertiary/aromatic N) is 1. The van der Waals surface area contributed by atoms with Crippen LogP contribution in [0.2, 0.25) is 0 Å². The van der Waals surface area contributed by atoms with Gasteiger partial charge in [-0.15, -0.1) is 0 Å². The lowest BCUT2D eigenvalue weighted by Gasteiger charge is -2.16. The highest BCUT2D eigenvalue weighted by molar-refractivity contribution is 5.94. The van der Waals surface area contributed by atoms with Gasteiger partial charge in [-0.3, -0.25) is 4.79 Å². The minimum Gasteiger partial charge on any atom is -0.361 e. The number of carbonyl (C=O) groups excluding carboxylic acids is 1. The van der Waals surface area contributed by atoms with Gasteiger partial charge in [-0.1, -0.05) is 36.4 Å². The number of aromatic amines is 1. The average molecular weight is 349 g/mol. The molecule has 0 aliphatic carbocycles. The van der Waals surface area contributed by atoms with Gasteiger partial charge >= 0.3 is 0 Å². The van der Waals surface area contributed by atoms with E-state index >= 15 is 0 Å². The molecule has 0 atom stereocenters. The molecule has 4 nitrogen and oxygen atoms in total. The zero-order valence-electron chi connectivity index (χ0n) is 15.4. The predicted molar refractivity (Wildman–Crippen MR) is 108 cm³/mol. The number of hydrogen-bond acceptors (Lipinski definition) is 2. The van der Waals surface area contributed by atoms with Crippen LogP contribution in [0.5, 0.6) is 0 Å². The fraction of sp³-hybridized carbons (Fsp3) is 0.318. The summed E-state index contributed by atoms with van der Waals surface area (Å²) < 4.78 is 0. The molecule has 0 saturated heterocycles. The maximum atomic E-state index is 12.0. The first-order valence-corrected chi connectivity index (χ1v) is 9.31. The molecule has 2 N–H and O–H groups in total. The topological polar surface area (TPSA) is 48.1 Å². The number of fused-ring (bicyclic) bond motifs is 1. The lowest BCUT2D eigenvalue weighted by atomic mass is 10.1. The van der Waals surface area contributed by atoms with Crippen LogP contribution in [0.3, 0.4) is 0 Å². The molecule has 0 fully saturated rings. The third-order valence-electron chi connectivity index (χ3n) is 4.70. The molecule has 4 heteroatoms. The van der Waals surface area contributed by atoms with Crippen molar-refractivity contribution >= 4 is 16.8 Å². The zero-order valence-corrected chi connectivity index (χ0v) is 15.4. The van der Waals surface area contributed by atoms with Crippen LogP contribution in [0.15, 0.2) is 60.8 Å². The van der Waals surface area contributed by atoms with E-state index in [1.165, 1.54) is 16.5 Å². The lowest BCUT2D eigenvalue weighted by molar-refractivity contribution is 0.0952. The summed E-state index contributed by atoms with van der Waals surface area (Å²) in [4.78, 5) is 17.6. The van der Waals surface area contributed by atoms with Crippen molar-refractivity contribution in [2.24, 2.45) is 0 Å². The van der Waals surface area contributed by atoms with Gasteiger partial charge in [-0.2, -0.15) is 0 Å². The molecule has 0 spiro atoms. The lowest BCUT2D eigenvalue weighted by Crippen LogP contribution is -2.28. The van der Waals surface area contributed by atoms with Gasteiger partial charge in [0.25, 0.3) is 5.91 Å². The average Bonchev–Trinajstić information content (AvgIpc) is 3.09. The number of aromatic nitrogens is 1. The molecule has 26 heavy (non-hydrogen) atoms. The predicted octanol–water partition coefficient (Wildman–Crippen LogP) is 3.85. The van der Waals surface area contributed by atoms with Crippen molar-refractivity contribution in [3.05, 3.63) is 71.9 Å². The zero-order chi connectivity index (χ0) is 18.2. The fourth-order valence-electron chi connectivity index (χ4n) is 3.23. The summed E-state index contributed by atoms with van der Waals surface area (Å²) in [7, 11) is 2.15. The third kappa shape index (κ3) is 4.96. The number of H-pyrrole nitrogens is 1. The van der Waals surface area contributed by atoms with E-state index in [2.05, 4.69) is 52.7 Å². The number of para-hydroxylation sites is 1. The van der Waals surface area contributed by atoms with Gasteiger partial charge in [0.2, 0.25) is 0 Å². The number of amides is 1. The molecule has 1 amide bonds. The van der Waals surface area contributed by atoms with Crippen LogP contribution in [-0.4, -0.2) is 42.5 Å². The maximum absolute atomic E-state index is 12.0. The summed E-state index contributed by atoms with van der Waals surface area (Å²) >= 11 is 0. The highest BCUT2D eigenvalue weighted by Crippen LogP contribution is 2.18. The maximum Gasteiger partial charge on any atom is 0.251 e. The van der Waals surface area contributed by atoms with E-state index in [1.807, 2.05) is 30.3 Å². The van der Waals surface area contributed by atoms with Gasteiger partial charge in [0, 0.05) is 29.2 Å². The van der Waals surface area contributed by atoms with Crippen LogP contribution in [0.25, 0.3) is 10.9 Å². The minimum atomic E-state index is 0.00703. The van der Waals surface area contributed by atoms with Gasteiger partial charge < -0.3 is 15.2 Å². The van der Waals surface area contributed by atoms with E-state index in [9.17, 15) is 4.79 Å².